The average molecular weight is 576 g/mol. The number of ether oxygens (including phenoxy) is 1. The minimum Gasteiger partial charge on any atom is -0.477 e. The van der Waals surface area contributed by atoms with Crippen molar-refractivity contribution < 1.29 is 9.53 Å². The second kappa shape index (κ2) is 13.8. The molecule has 0 aromatic carbocycles. The molecule has 5 rings (SSSR count). The third-order valence-corrected chi connectivity index (χ3v) is 8.62. The molecule has 0 bridgehead atoms. The molecule has 1 amide bonds. The number of hydrogen-bond acceptors (Lipinski definition) is 11. The van der Waals surface area contributed by atoms with Crippen molar-refractivity contribution in [3.63, 3.8) is 0 Å². The first-order valence-corrected chi connectivity index (χ1v) is 15.0. The number of carbonyl (C=O) groups is 1. The van der Waals surface area contributed by atoms with Crippen molar-refractivity contribution in [1.82, 2.24) is 35.4 Å². The van der Waals surface area contributed by atoms with E-state index in [0.717, 1.165) is 81.6 Å². The van der Waals surface area contributed by atoms with Crippen LogP contribution in [-0.4, -0.2) is 83.1 Å². The van der Waals surface area contributed by atoms with E-state index >= 15 is 0 Å². The largest absolute Gasteiger partial charge is 0.477 e. The summed E-state index contributed by atoms with van der Waals surface area (Å²) in [5, 5.41) is 16.7. The van der Waals surface area contributed by atoms with Crippen molar-refractivity contribution >= 4 is 22.9 Å². The second-order valence-electron chi connectivity index (χ2n) is 10.4. The van der Waals surface area contributed by atoms with Crippen LogP contribution in [-0.2, 0) is 13.1 Å². The van der Waals surface area contributed by atoms with E-state index in [9.17, 15) is 10.1 Å². The minimum atomic E-state index is -0.311. The lowest BCUT2D eigenvalue weighted by Gasteiger charge is -2.32. The van der Waals surface area contributed by atoms with E-state index in [4.69, 9.17) is 15.5 Å². The number of pyridine rings is 2. The van der Waals surface area contributed by atoms with Crippen molar-refractivity contribution in [2.24, 2.45) is 5.92 Å². The van der Waals surface area contributed by atoms with Crippen LogP contribution >= 0.6 is 11.3 Å². The van der Waals surface area contributed by atoms with Gasteiger partial charge in [-0.25, -0.2) is 9.97 Å². The van der Waals surface area contributed by atoms with E-state index in [1.165, 1.54) is 10.9 Å². The van der Waals surface area contributed by atoms with Crippen LogP contribution in [0.2, 0.25) is 0 Å². The fourth-order valence-electron chi connectivity index (χ4n) is 5.20. The number of piperazine rings is 1. The summed E-state index contributed by atoms with van der Waals surface area (Å²) in [6, 6.07) is 9.39. The molecule has 216 valence electrons. The Kier molecular flexibility index (Phi) is 9.74. The summed E-state index contributed by atoms with van der Waals surface area (Å²) >= 11 is 1.75. The Morgan fingerprint density at radius 2 is 1.98 bits per heavy atom. The first-order valence-electron chi connectivity index (χ1n) is 14.2. The van der Waals surface area contributed by atoms with Crippen molar-refractivity contribution in [3.05, 3.63) is 52.3 Å². The quantitative estimate of drug-likeness (QED) is 0.330. The van der Waals surface area contributed by atoms with Crippen LogP contribution < -0.4 is 21.1 Å². The minimum absolute atomic E-state index is 0.0963. The van der Waals surface area contributed by atoms with E-state index in [2.05, 4.69) is 30.4 Å². The Bertz CT molecular complexity index is 1360. The monoisotopic (exact) mass is 575 g/mol. The van der Waals surface area contributed by atoms with Gasteiger partial charge in [-0.2, -0.15) is 5.26 Å². The van der Waals surface area contributed by atoms with Crippen molar-refractivity contribution in [2.45, 2.75) is 32.9 Å². The third kappa shape index (κ3) is 7.37. The number of carbonyl (C=O) groups excluding carboxylic acids is 1. The number of nitriles is 1. The Balaban J connectivity index is 1.17. The Labute approximate surface area is 244 Å². The summed E-state index contributed by atoms with van der Waals surface area (Å²) in [5.41, 5.74) is 8.56. The number of nitrogen functional groups attached to an aromatic ring is 1. The zero-order chi connectivity index (χ0) is 28.6. The van der Waals surface area contributed by atoms with Gasteiger partial charge in [-0.05, 0) is 57.0 Å². The molecular formula is C29H37N9O2S. The van der Waals surface area contributed by atoms with Gasteiger partial charge in [-0.15, -0.1) is 11.3 Å². The van der Waals surface area contributed by atoms with E-state index in [1.807, 2.05) is 30.5 Å². The van der Waals surface area contributed by atoms with E-state index in [-0.39, 0.29) is 28.7 Å². The molecule has 4 N–H and O–H groups in total. The maximum atomic E-state index is 12.8. The molecule has 12 heteroatoms. The number of rotatable bonds is 10. The lowest BCUT2D eigenvalue weighted by molar-refractivity contribution is 0.0929. The number of amides is 1. The van der Waals surface area contributed by atoms with Crippen LogP contribution in [0.5, 0.6) is 5.88 Å². The molecule has 11 nitrogen and oxygen atoms in total. The number of aromatic nitrogens is 3. The van der Waals surface area contributed by atoms with Gasteiger partial charge in [0, 0.05) is 56.9 Å². The van der Waals surface area contributed by atoms with Crippen molar-refractivity contribution in [1.29, 1.82) is 5.26 Å². The molecule has 2 aliphatic heterocycles. The molecule has 0 radical (unpaired) electrons. The van der Waals surface area contributed by atoms with Crippen LogP contribution in [0.25, 0.3) is 10.7 Å². The number of nitrogens with two attached hydrogens (primary N) is 1. The van der Waals surface area contributed by atoms with Crippen molar-refractivity contribution in [3.8, 4) is 22.7 Å². The SMILES string of the molecule is CCOc1nc(C(=O)NCC2CCN(Cc3sc(-c4ccccn4)nc3CN3CCNCC3)CC2)cc(N)c1C#N. The molecule has 0 saturated carbocycles. The first kappa shape index (κ1) is 28.9. The number of likely N-dealkylation sites (tertiary alicyclic amines) is 1. The van der Waals surface area contributed by atoms with Crippen LogP contribution in [0, 0.1) is 17.2 Å². The van der Waals surface area contributed by atoms with Gasteiger partial charge in [0.15, 0.2) is 0 Å². The van der Waals surface area contributed by atoms with Gasteiger partial charge >= 0.3 is 0 Å². The number of nitrogens with one attached hydrogen (secondary N) is 2. The van der Waals surface area contributed by atoms with Gasteiger partial charge in [0.2, 0.25) is 5.88 Å². The topological polar surface area (TPSA) is 145 Å². The Morgan fingerprint density at radius 1 is 1.20 bits per heavy atom. The zero-order valence-corrected chi connectivity index (χ0v) is 24.3. The number of nitrogens with zero attached hydrogens (tertiary/aromatic N) is 6. The predicted molar refractivity (Wildman–Crippen MR) is 158 cm³/mol. The maximum absolute atomic E-state index is 12.8. The van der Waals surface area contributed by atoms with Gasteiger partial charge in [0.05, 0.1) is 23.7 Å². The van der Waals surface area contributed by atoms with Gasteiger partial charge in [0.25, 0.3) is 5.91 Å². The summed E-state index contributed by atoms with van der Waals surface area (Å²) in [7, 11) is 0. The summed E-state index contributed by atoms with van der Waals surface area (Å²) in [6.07, 6.45) is 3.80. The van der Waals surface area contributed by atoms with Crippen LogP contribution in [0.3, 0.4) is 0 Å². The molecule has 0 aliphatic carbocycles. The molecule has 5 heterocycles. The fraction of sp³-hybridized carbons (Fsp3) is 0.483. The highest BCUT2D eigenvalue weighted by atomic mass is 32.1. The summed E-state index contributed by atoms with van der Waals surface area (Å²) in [5.74, 6) is 0.163. The zero-order valence-electron chi connectivity index (χ0n) is 23.4. The number of anilines is 1. The predicted octanol–water partition coefficient (Wildman–Crippen LogP) is 2.50. The molecule has 3 aromatic rings. The maximum Gasteiger partial charge on any atom is 0.270 e. The highest BCUT2D eigenvalue weighted by molar-refractivity contribution is 7.15. The summed E-state index contributed by atoms with van der Waals surface area (Å²) < 4.78 is 5.42. The molecule has 2 saturated heterocycles. The molecule has 0 spiro atoms. The fourth-order valence-corrected chi connectivity index (χ4v) is 6.29. The lowest BCUT2D eigenvalue weighted by Crippen LogP contribution is -2.43. The molecule has 0 atom stereocenters. The highest BCUT2D eigenvalue weighted by Gasteiger charge is 2.24. The molecular weight excluding hydrogens is 538 g/mol. The van der Waals surface area contributed by atoms with Gasteiger partial charge < -0.3 is 21.1 Å². The Morgan fingerprint density at radius 3 is 2.68 bits per heavy atom. The average Bonchev–Trinajstić information content (AvgIpc) is 3.39. The Hall–Kier alpha value is -3.63. The van der Waals surface area contributed by atoms with Crippen molar-refractivity contribution in [2.75, 3.05) is 58.2 Å². The first-order chi connectivity index (χ1) is 20.0. The molecule has 2 aliphatic rings. The summed E-state index contributed by atoms with van der Waals surface area (Å²) in [4.78, 5) is 32.9. The van der Waals surface area contributed by atoms with Crippen LogP contribution in [0.4, 0.5) is 5.69 Å². The number of piperidine rings is 1. The van der Waals surface area contributed by atoms with Crippen LogP contribution in [0.1, 0.15) is 46.4 Å². The van der Waals surface area contributed by atoms with Gasteiger partial charge in [0.1, 0.15) is 22.3 Å². The molecule has 41 heavy (non-hydrogen) atoms. The smallest absolute Gasteiger partial charge is 0.270 e. The lowest BCUT2D eigenvalue weighted by atomic mass is 9.96. The van der Waals surface area contributed by atoms with E-state index < -0.39 is 0 Å². The van der Waals surface area contributed by atoms with Crippen LogP contribution in [0.15, 0.2) is 30.5 Å². The molecule has 2 fully saturated rings. The number of hydrogen-bond donors (Lipinski definition) is 3. The van der Waals surface area contributed by atoms with E-state index in [1.54, 1.807) is 18.3 Å². The standard InChI is InChI=1S/C29H37N9O2S/c1-2-40-28-21(16-30)22(31)15-24(35-28)27(39)34-17-20-6-11-37(12-7-20)19-26-25(18-38-13-9-32-10-14-38)36-29(41-26)23-5-3-4-8-33-23/h3-5,8,15,20,32H,2,6-7,9-14,17-19H2,1H3,(H2,31,35)(H,34,39). The second-order valence-corrected chi connectivity index (χ2v) is 11.5. The molecule has 0 unspecified atom stereocenters. The van der Waals surface area contributed by atoms with Gasteiger partial charge in [-0.1, -0.05) is 6.07 Å². The third-order valence-electron chi connectivity index (χ3n) is 7.51. The van der Waals surface area contributed by atoms with E-state index in [0.29, 0.717) is 19.1 Å². The molecule has 3 aromatic heterocycles. The van der Waals surface area contributed by atoms with Gasteiger partial charge in [-0.3, -0.25) is 19.6 Å². The summed E-state index contributed by atoms with van der Waals surface area (Å²) in [6.45, 7) is 10.4. The highest BCUT2D eigenvalue weighted by Crippen LogP contribution is 2.30. The normalized spacial score (nSPS) is 16.8. The number of thiazole rings is 1.